The van der Waals surface area contributed by atoms with E-state index in [2.05, 4.69) is 47.9 Å². The monoisotopic (exact) mass is 450 g/mol. The van der Waals surface area contributed by atoms with Crippen LogP contribution in [0.1, 0.15) is 67.8 Å². The molecule has 0 bridgehead atoms. The van der Waals surface area contributed by atoms with Crippen LogP contribution in [0.2, 0.25) is 0 Å². The number of hydrogen-bond acceptors (Lipinski definition) is 5. The van der Waals surface area contributed by atoms with E-state index in [9.17, 15) is 4.79 Å². The number of aryl methyl sites for hydroxylation is 3. The summed E-state index contributed by atoms with van der Waals surface area (Å²) in [4.78, 5) is 24.5. The van der Waals surface area contributed by atoms with Crippen LogP contribution in [0, 0.1) is 6.92 Å². The first-order valence-corrected chi connectivity index (χ1v) is 12.4. The smallest absolute Gasteiger partial charge is 0.319 e. The number of carbonyl (C=O) groups is 1. The average Bonchev–Trinajstić information content (AvgIpc) is 2.81. The molecule has 1 aromatic heterocycles. The molecule has 2 aliphatic carbocycles. The molecular weight excluding hydrogens is 412 g/mol. The topological polar surface area (TPSA) is 82.2 Å². The number of anilines is 3. The van der Waals surface area contributed by atoms with Gasteiger partial charge in [0.05, 0.1) is 5.69 Å². The minimum atomic E-state index is -0.107. The molecule has 0 spiro atoms. The zero-order chi connectivity index (χ0) is 23.4. The summed E-state index contributed by atoms with van der Waals surface area (Å²) in [6, 6.07) is 6.58. The van der Waals surface area contributed by atoms with E-state index in [0.29, 0.717) is 6.04 Å². The van der Waals surface area contributed by atoms with Crippen molar-refractivity contribution in [3.63, 3.8) is 0 Å². The molecule has 2 aliphatic rings. The Balaban J connectivity index is 1.32. The molecule has 33 heavy (non-hydrogen) atoms. The Hall–Kier alpha value is -2.83. The molecule has 0 aliphatic heterocycles. The Labute approximate surface area is 197 Å². The highest BCUT2D eigenvalue weighted by molar-refractivity contribution is 5.91. The van der Waals surface area contributed by atoms with Crippen LogP contribution in [-0.4, -0.2) is 42.2 Å². The van der Waals surface area contributed by atoms with Gasteiger partial charge >= 0.3 is 6.03 Å². The van der Waals surface area contributed by atoms with Gasteiger partial charge in [-0.05, 0) is 75.8 Å². The lowest BCUT2D eigenvalue weighted by atomic mass is 9.91. The lowest BCUT2D eigenvalue weighted by Gasteiger charge is -2.30. The number of hydrogen-bond donors (Lipinski definition) is 3. The predicted molar refractivity (Wildman–Crippen MR) is 135 cm³/mol. The van der Waals surface area contributed by atoms with Gasteiger partial charge in [-0.2, -0.15) is 4.98 Å². The lowest BCUT2D eigenvalue weighted by Crippen LogP contribution is -2.42. The van der Waals surface area contributed by atoms with Crippen LogP contribution in [0.25, 0.3) is 0 Å². The molecule has 1 heterocycles. The van der Waals surface area contributed by atoms with Crippen LogP contribution < -0.4 is 20.9 Å². The van der Waals surface area contributed by atoms with Gasteiger partial charge in [-0.15, -0.1) is 0 Å². The summed E-state index contributed by atoms with van der Waals surface area (Å²) in [5.41, 5.74) is 5.72. The minimum Gasteiger partial charge on any atom is -0.362 e. The molecular formula is C26H38N6O. The SMILES string of the molecule is CCc1cccc(C)c1NC(=O)NC1CCC(Nc2nc3c(c(N(C)C)n2)CCCC3)CC1. The Morgan fingerprint density at radius 2 is 1.79 bits per heavy atom. The summed E-state index contributed by atoms with van der Waals surface area (Å²) in [7, 11) is 4.12. The molecule has 2 aromatic rings. The highest BCUT2D eigenvalue weighted by atomic mass is 16.2. The standard InChI is InChI=1S/C26H38N6O/c1-5-18-10-8-9-17(2)23(18)30-26(33)28-20-15-13-19(14-16-20)27-25-29-22-12-7-6-11-21(22)24(31-25)32(3)4/h8-10,19-20H,5-7,11-16H2,1-4H3,(H,27,29,31)(H2,28,30,33). The molecule has 7 nitrogen and oxygen atoms in total. The molecule has 0 radical (unpaired) electrons. The molecule has 3 N–H and O–H groups in total. The first-order chi connectivity index (χ1) is 15.9. The summed E-state index contributed by atoms with van der Waals surface area (Å²) < 4.78 is 0. The van der Waals surface area contributed by atoms with E-state index in [1.165, 1.54) is 29.7 Å². The van der Waals surface area contributed by atoms with Gasteiger partial charge in [0, 0.05) is 37.4 Å². The fraction of sp³-hybridized carbons (Fsp3) is 0.577. The van der Waals surface area contributed by atoms with Gasteiger partial charge < -0.3 is 20.9 Å². The number of benzene rings is 1. The molecule has 4 rings (SSSR count). The van der Waals surface area contributed by atoms with Gasteiger partial charge in [-0.1, -0.05) is 25.1 Å². The first-order valence-electron chi connectivity index (χ1n) is 12.4. The number of aromatic nitrogens is 2. The van der Waals surface area contributed by atoms with Crippen LogP contribution in [-0.2, 0) is 19.3 Å². The quantitative estimate of drug-likeness (QED) is 0.587. The summed E-state index contributed by atoms with van der Waals surface area (Å²) in [6.45, 7) is 4.15. The van der Waals surface area contributed by atoms with Crippen LogP contribution >= 0.6 is 0 Å². The van der Waals surface area contributed by atoms with Crippen molar-refractivity contribution in [3.8, 4) is 0 Å². The number of urea groups is 1. The second kappa shape index (κ2) is 10.4. The number of nitrogens with one attached hydrogen (secondary N) is 3. The third kappa shape index (κ3) is 5.57. The van der Waals surface area contributed by atoms with Gasteiger partial charge in [0.1, 0.15) is 5.82 Å². The van der Waals surface area contributed by atoms with E-state index in [0.717, 1.165) is 68.0 Å². The molecule has 178 valence electrons. The van der Waals surface area contributed by atoms with Crippen LogP contribution in [0.15, 0.2) is 18.2 Å². The zero-order valence-electron chi connectivity index (χ0n) is 20.5. The van der Waals surface area contributed by atoms with E-state index >= 15 is 0 Å². The summed E-state index contributed by atoms with van der Waals surface area (Å²) in [5, 5.41) is 9.85. The van der Waals surface area contributed by atoms with Gasteiger partial charge in [-0.3, -0.25) is 0 Å². The summed E-state index contributed by atoms with van der Waals surface area (Å²) in [6.07, 6.45) is 9.32. The highest BCUT2D eigenvalue weighted by Gasteiger charge is 2.25. The average molecular weight is 451 g/mol. The number of amides is 2. The maximum Gasteiger partial charge on any atom is 0.319 e. The molecule has 1 saturated carbocycles. The molecule has 1 aromatic carbocycles. The van der Waals surface area contributed by atoms with Crippen LogP contribution in [0.3, 0.4) is 0 Å². The maximum atomic E-state index is 12.6. The fourth-order valence-electron chi connectivity index (χ4n) is 5.11. The Kier molecular flexibility index (Phi) is 7.36. The third-order valence-electron chi connectivity index (χ3n) is 6.96. The number of carbonyl (C=O) groups excluding carboxylic acids is 1. The van der Waals surface area contributed by atoms with Crippen molar-refractivity contribution < 1.29 is 4.79 Å². The van der Waals surface area contributed by atoms with E-state index in [4.69, 9.17) is 9.97 Å². The van der Waals surface area contributed by atoms with E-state index in [-0.39, 0.29) is 12.1 Å². The highest BCUT2D eigenvalue weighted by Crippen LogP contribution is 2.29. The van der Waals surface area contributed by atoms with Crippen molar-refractivity contribution in [2.45, 2.75) is 83.7 Å². The molecule has 7 heteroatoms. The Morgan fingerprint density at radius 3 is 2.52 bits per heavy atom. The summed E-state index contributed by atoms with van der Waals surface area (Å²) in [5.74, 6) is 1.80. The van der Waals surface area contributed by atoms with Crippen LogP contribution in [0.4, 0.5) is 22.2 Å². The van der Waals surface area contributed by atoms with Gasteiger partial charge in [-0.25, -0.2) is 9.78 Å². The van der Waals surface area contributed by atoms with Gasteiger partial charge in [0.25, 0.3) is 0 Å². The normalized spacial score (nSPS) is 20.0. The predicted octanol–water partition coefficient (Wildman–Crippen LogP) is 4.84. The maximum absolute atomic E-state index is 12.6. The van der Waals surface area contributed by atoms with Crippen molar-refractivity contribution in [1.29, 1.82) is 0 Å². The van der Waals surface area contributed by atoms with Gasteiger partial charge in [0.2, 0.25) is 5.95 Å². The Bertz CT molecular complexity index is 981. The number of rotatable bonds is 6. The van der Waals surface area contributed by atoms with Crippen molar-refractivity contribution in [2.75, 3.05) is 29.6 Å². The molecule has 2 amide bonds. The number of fused-ring (bicyclic) bond motifs is 1. The van der Waals surface area contributed by atoms with E-state index < -0.39 is 0 Å². The molecule has 0 saturated heterocycles. The summed E-state index contributed by atoms with van der Waals surface area (Å²) >= 11 is 0. The first kappa shape index (κ1) is 23.3. The third-order valence-corrected chi connectivity index (χ3v) is 6.96. The van der Waals surface area contributed by atoms with E-state index in [1.54, 1.807) is 0 Å². The number of nitrogens with zero attached hydrogens (tertiary/aromatic N) is 3. The Morgan fingerprint density at radius 1 is 1.06 bits per heavy atom. The minimum absolute atomic E-state index is 0.107. The number of para-hydroxylation sites is 1. The second-order valence-corrected chi connectivity index (χ2v) is 9.65. The van der Waals surface area contributed by atoms with Crippen molar-refractivity contribution in [2.24, 2.45) is 0 Å². The largest absolute Gasteiger partial charge is 0.362 e. The van der Waals surface area contributed by atoms with Crippen LogP contribution in [0.5, 0.6) is 0 Å². The fourth-order valence-corrected chi connectivity index (χ4v) is 5.11. The molecule has 1 fully saturated rings. The zero-order valence-corrected chi connectivity index (χ0v) is 20.5. The lowest BCUT2D eigenvalue weighted by molar-refractivity contribution is 0.243. The van der Waals surface area contributed by atoms with Crippen molar-refractivity contribution in [1.82, 2.24) is 15.3 Å². The molecule has 0 atom stereocenters. The van der Waals surface area contributed by atoms with Crippen molar-refractivity contribution >= 4 is 23.5 Å². The molecule has 0 unspecified atom stereocenters. The van der Waals surface area contributed by atoms with Crippen molar-refractivity contribution in [3.05, 3.63) is 40.6 Å². The second-order valence-electron chi connectivity index (χ2n) is 9.65. The van der Waals surface area contributed by atoms with E-state index in [1.807, 2.05) is 19.1 Å². The van der Waals surface area contributed by atoms with Gasteiger partial charge in [0.15, 0.2) is 0 Å².